The molecule has 0 aliphatic rings. The summed E-state index contributed by atoms with van der Waals surface area (Å²) in [7, 11) is 3.24. The van der Waals surface area contributed by atoms with Crippen LogP contribution in [0, 0.1) is 20.8 Å². The minimum atomic E-state index is -0.271. The van der Waals surface area contributed by atoms with Crippen LogP contribution in [0.5, 0.6) is 11.5 Å². The number of methoxy groups -OCH3 is 2. The summed E-state index contributed by atoms with van der Waals surface area (Å²) in [6, 6.07) is 5.84. The number of rotatable bonds is 4. The number of halogens is 1. The van der Waals surface area contributed by atoms with E-state index in [9.17, 15) is 0 Å². The zero-order valence-electron chi connectivity index (χ0n) is 12.4. The third kappa shape index (κ3) is 2.63. The molecule has 0 fully saturated rings. The van der Waals surface area contributed by atoms with Gasteiger partial charge >= 0.3 is 0 Å². The van der Waals surface area contributed by atoms with Crippen molar-refractivity contribution in [3.05, 3.63) is 46.4 Å². The SMILES string of the molecule is COc1cc(C)c(C(Cl)c2cc(C)oc2C)cc1OC. The average Bonchev–Trinajstić information content (AvgIpc) is 2.76. The second-order valence-electron chi connectivity index (χ2n) is 4.79. The van der Waals surface area contributed by atoms with Crippen LogP contribution in [-0.4, -0.2) is 14.2 Å². The lowest BCUT2D eigenvalue weighted by atomic mass is 9.99. The fraction of sp³-hybridized carbons (Fsp3) is 0.375. The molecule has 0 aliphatic carbocycles. The first-order valence-corrected chi connectivity index (χ1v) is 6.85. The number of hydrogen-bond acceptors (Lipinski definition) is 3. The maximum Gasteiger partial charge on any atom is 0.161 e. The number of benzene rings is 1. The maximum absolute atomic E-state index is 6.62. The number of hydrogen-bond donors (Lipinski definition) is 0. The lowest BCUT2D eigenvalue weighted by molar-refractivity contribution is 0.354. The largest absolute Gasteiger partial charge is 0.493 e. The highest BCUT2D eigenvalue weighted by atomic mass is 35.5. The molecule has 2 rings (SSSR count). The van der Waals surface area contributed by atoms with Crippen LogP contribution in [0.25, 0.3) is 0 Å². The van der Waals surface area contributed by atoms with E-state index in [0.717, 1.165) is 28.2 Å². The molecule has 1 atom stereocenters. The van der Waals surface area contributed by atoms with Crippen molar-refractivity contribution in [2.75, 3.05) is 14.2 Å². The molecule has 1 heterocycles. The Labute approximate surface area is 124 Å². The van der Waals surface area contributed by atoms with Crippen molar-refractivity contribution in [1.29, 1.82) is 0 Å². The van der Waals surface area contributed by atoms with Crippen LogP contribution in [-0.2, 0) is 0 Å². The van der Waals surface area contributed by atoms with Crippen LogP contribution in [0.2, 0.25) is 0 Å². The summed E-state index contributed by atoms with van der Waals surface area (Å²) >= 11 is 6.62. The minimum absolute atomic E-state index is 0.271. The van der Waals surface area contributed by atoms with Crippen LogP contribution in [0.15, 0.2) is 22.6 Å². The Morgan fingerprint density at radius 1 is 0.950 bits per heavy atom. The highest BCUT2D eigenvalue weighted by molar-refractivity contribution is 6.22. The highest BCUT2D eigenvalue weighted by Crippen LogP contribution is 2.39. The molecule has 3 nitrogen and oxygen atoms in total. The third-order valence-corrected chi connectivity index (χ3v) is 3.87. The van der Waals surface area contributed by atoms with Crippen LogP contribution < -0.4 is 9.47 Å². The summed E-state index contributed by atoms with van der Waals surface area (Å²) in [4.78, 5) is 0. The van der Waals surface area contributed by atoms with Gasteiger partial charge in [-0.25, -0.2) is 0 Å². The van der Waals surface area contributed by atoms with Crippen LogP contribution in [0.1, 0.15) is 33.6 Å². The molecule has 0 N–H and O–H groups in total. The summed E-state index contributed by atoms with van der Waals surface area (Å²) in [5, 5.41) is -0.271. The van der Waals surface area contributed by atoms with Gasteiger partial charge in [0.1, 0.15) is 11.5 Å². The van der Waals surface area contributed by atoms with Gasteiger partial charge in [0.2, 0.25) is 0 Å². The Hall–Kier alpha value is -1.61. The number of ether oxygens (including phenoxy) is 2. The van der Waals surface area contributed by atoms with Crippen molar-refractivity contribution >= 4 is 11.6 Å². The molecule has 1 unspecified atom stereocenters. The van der Waals surface area contributed by atoms with Gasteiger partial charge in [0.15, 0.2) is 11.5 Å². The molecule has 20 heavy (non-hydrogen) atoms. The van der Waals surface area contributed by atoms with Gasteiger partial charge in [0, 0.05) is 5.56 Å². The Morgan fingerprint density at radius 2 is 1.55 bits per heavy atom. The summed E-state index contributed by atoms with van der Waals surface area (Å²) in [5.74, 6) is 3.09. The Bertz CT molecular complexity index is 616. The Morgan fingerprint density at radius 3 is 2.05 bits per heavy atom. The molecule has 0 spiro atoms. The Balaban J connectivity index is 2.49. The van der Waals surface area contributed by atoms with E-state index < -0.39 is 0 Å². The van der Waals surface area contributed by atoms with Gasteiger partial charge in [0.05, 0.1) is 19.6 Å². The smallest absolute Gasteiger partial charge is 0.161 e. The molecule has 2 aromatic rings. The normalized spacial score (nSPS) is 12.3. The number of aryl methyl sites for hydroxylation is 3. The van der Waals surface area contributed by atoms with Gasteiger partial charge in [-0.15, -0.1) is 11.6 Å². The van der Waals surface area contributed by atoms with Crippen molar-refractivity contribution in [3.8, 4) is 11.5 Å². The molecule has 1 aromatic heterocycles. The second kappa shape index (κ2) is 5.80. The van der Waals surface area contributed by atoms with E-state index in [2.05, 4.69) is 0 Å². The zero-order chi connectivity index (χ0) is 14.9. The van der Waals surface area contributed by atoms with Gasteiger partial charge in [-0.2, -0.15) is 0 Å². The van der Waals surface area contributed by atoms with E-state index in [1.54, 1.807) is 14.2 Å². The molecular weight excluding hydrogens is 276 g/mol. The predicted molar refractivity (Wildman–Crippen MR) is 80.2 cm³/mol. The van der Waals surface area contributed by atoms with E-state index >= 15 is 0 Å². The standard InChI is InChI=1S/C16H19ClO3/c1-9-6-14(18-4)15(19-5)8-12(9)16(17)13-7-10(2)20-11(13)3/h6-8,16H,1-5H3. The highest BCUT2D eigenvalue weighted by Gasteiger charge is 2.20. The summed E-state index contributed by atoms with van der Waals surface area (Å²) in [6.45, 7) is 5.85. The summed E-state index contributed by atoms with van der Waals surface area (Å²) in [5.41, 5.74) is 3.04. The zero-order valence-corrected chi connectivity index (χ0v) is 13.2. The van der Waals surface area contributed by atoms with Crippen molar-refractivity contribution in [1.82, 2.24) is 0 Å². The average molecular weight is 295 g/mol. The maximum atomic E-state index is 6.62. The second-order valence-corrected chi connectivity index (χ2v) is 5.23. The molecule has 0 bridgehead atoms. The van der Waals surface area contributed by atoms with Gasteiger partial charge in [-0.3, -0.25) is 0 Å². The summed E-state index contributed by atoms with van der Waals surface area (Å²) in [6.07, 6.45) is 0. The van der Waals surface area contributed by atoms with E-state index in [1.807, 2.05) is 39.0 Å². The van der Waals surface area contributed by atoms with Crippen LogP contribution in [0.3, 0.4) is 0 Å². The molecule has 0 saturated heterocycles. The minimum Gasteiger partial charge on any atom is -0.493 e. The lowest BCUT2D eigenvalue weighted by Crippen LogP contribution is -2.00. The van der Waals surface area contributed by atoms with Crippen LogP contribution in [0.4, 0.5) is 0 Å². The van der Waals surface area contributed by atoms with Crippen LogP contribution >= 0.6 is 11.6 Å². The van der Waals surface area contributed by atoms with Gasteiger partial charge < -0.3 is 13.9 Å². The predicted octanol–water partition coefficient (Wildman–Crippen LogP) is 4.55. The molecule has 0 aliphatic heterocycles. The first-order valence-electron chi connectivity index (χ1n) is 6.41. The number of furan rings is 1. The first kappa shape index (κ1) is 14.8. The van der Waals surface area contributed by atoms with Crippen molar-refractivity contribution in [3.63, 3.8) is 0 Å². The lowest BCUT2D eigenvalue weighted by Gasteiger charge is -2.16. The number of alkyl halides is 1. The molecule has 108 valence electrons. The fourth-order valence-electron chi connectivity index (χ4n) is 2.34. The molecule has 0 radical (unpaired) electrons. The molecule has 4 heteroatoms. The molecule has 1 aromatic carbocycles. The molecule has 0 saturated carbocycles. The van der Waals surface area contributed by atoms with Gasteiger partial charge in [-0.1, -0.05) is 0 Å². The van der Waals surface area contributed by atoms with E-state index in [0.29, 0.717) is 11.5 Å². The third-order valence-electron chi connectivity index (χ3n) is 3.40. The molecular formula is C16H19ClO3. The Kier molecular flexibility index (Phi) is 4.29. The van der Waals surface area contributed by atoms with Crippen molar-refractivity contribution in [2.24, 2.45) is 0 Å². The van der Waals surface area contributed by atoms with Crippen molar-refractivity contribution < 1.29 is 13.9 Å². The van der Waals surface area contributed by atoms with Crippen molar-refractivity contribution in [2.45, 2.75) is 26.1 Å². The quantitative estimate of drug-likeness (QED) is 0.775. The first-order chi connectivity index (χ1) is 9.47. The fourth-order valence-corrected chi connectivity index (χ4v) is 2.79. The van der Waals surface area contributed by atoms with E-state index in [4.69, 9.17) is 25.5 Å². The van der Waals surface area contributed by atoms with E-state index in [1.165, 1.54) is 0 Å². The van der Waals surface area contributed by atoms with Gasteiger partial charge in [-0.05, 0) is 50.1 Å². The van der Waals surface area contributed by atoms with E-state index in [-0.39, 0.29) is 5.38 Å². The monoisotopic (exact) mass is 294 g/mol. The summed E-state index contributed by atoms with van der Waals surface area (Å²) < 4.78 is 16.2. The van der Waals surface area contributed by atoms with Gasteiger partial charge in [0.25, 0.3) is 0 Å². The molecule has 0 amide bonds. The topological polar surface area (TPSA) is 31.6 Å².